The largest absolute Gasteiger partial charge is 0.337 e. The van der Waals surface area contributed by atoms with Crippen LogP contribution in [-0.2, 0) is 12.8 Å². The molecule has 2 heterocycles. The second-order valence-electron chi connectivity index (χ2n) is 8.91. The summed E-state index contributed by atoms with van der Waals surface area (Å²) in [4.78, 5) is 28.2. The molecule has 38 heavy (non-hydrogen) atoms. The molecule has 0 saturated heterocycles. The van der Waals surface area contributed by atoms with Gasteiger partial charge in [0.25, 0.3) is 0 Å². The molecule has 0 saturated carbocycles. The van der Waals surface area contributed by atoms with Crippen LogP contribution < -0.4 is 15.5 Å². The maximum Gasteiger partial charge on any atom is 0.330 e. The lowest BCUT2D eigenvalue weighted by atomic mass is 10.1. The van der Waals surface area contributed by atoms with Gasteiger partial charge in [-0.2, -0.15) is 0 Å². The fourth-order valence-corrected chi connectivity index (χ4v) is 4.60. The third-order valence-corrected chi connectivity index (χ3v) is 6.52. The molecule has 0 aliphatic rings. The van der Waals surface area contributed by atoms with Crippen molar-refractivity contribution in [3.63, 3.8) is 0 Å². The zero-order valence-corrected chi connectivity index (χ0v) is 21.7. The van der Waals surface area contributed by atoms with E-state index in [2.05, 4.69) is 20.8 Å². The van der Waals surface area contributed by atoms with Crippen LogP contribution in [0, 0.1) is 6.92 Å². The quantitative estimate of drug-likeness (QED) is 0.290. The van der Waals surface area contributed by atoms with Crippen LogP contribution in [-0.4, -0.2) is 39.7 Å². The first-order chi connectivity index (χ1) is 18.5. The van der Waals surface area contributed by atoms with E-state index in [0.29, 0.717) is 48.1 Å². The van der Waals surface area contributed by atoms with Crippen LogP contribution in [0.25, 0.3) is 16.6 Å². The fourth-order valence-electron chi connectivity index (χ4n) is 4.42. The molecule has 0 aliphatic heterocycles. The van der Waals surface area contributed by atoms with Crippen LogP contribution in [0.4, 0.5) is 15.3 Å². The van der Waals surface area contributed by atoms with Crippen LogP contribution in [0.15, 0.2) is 84.9 Å². The van der Waals surface area contributed by atoms with Gasteiger partial charge in [0.1, 0.15) is 11.5 Å². The minimum atomic E-state index is -0.554. The summed E-state index contributed by atoms with van der Waals surface area (Å²) in [5.41, 5.74) is 3.71. The van der Waals surface area contributed by atoms with Crippen molar-refractivity contribution in [2.24, 2.45) is 0 Å². The number of nitrogens with zero attached hydrogens (tertiary/aromatic N) is 4. The first-order valence-electron chi connectivity index (χ1n) is 12.4. The van der Waals surface area contributed by atoms with E-state index < -0.39 is 12.1 Å². The second-order valence-corrected chi connectivity index (χ2v) is 9.35. The van der Waals surface area contributed by atoms with E-state index in [1.54, 1.807) is 18.2 Å². The normalized spacial score (nSPS) is 11.0. The summed E-state index contributed by atoms with van der Waals surface area (Å²) in [6.45, 7) is 2.54. The van der Waals surface area contributed by atoms with Crippen LogP contribution in [0.2, 0.25) is 5.02 Å². The minimum absolute atomic E-state index is 0.315. The van der Waals surface area contributed by atoms with Gasteiger partial charge in [0.05, 0.1) is 5.52 Å². The maximum atomic E-state index is 13.5. The number of hydrogen-bond acceptors (Lipinski definition) is 4. The van der Waals surface area contributed by atoms with Crippen molar-refractivity contribution in [1.82, 2.24) is 25.2 Å². The number of hydrogen-bond donors (Lipinski definition) is 2. The van der Waals surface area contributed by atoms with Crippen LogP contribution in [0.3, 0.4) is 0 Å². The molecule has 5 rings (SSSR count). The van der Waals surface area contributed by atoms with Crippen molar-refractivity contribution in [3.05, 3.63) is 107 Å². The molecular formula is C29H27ClN6O2. The number of pyridine rings is 1. The molecule has 0 unspecified atom stereocenters. The molecule has 2 N–H and O–H groups in total. The van der Waals surface area contributed by atoms with E-state index in [4.69, 9.17) is 11.6 Å². The lowest BCUT2D eigenvalue weighted by molar-refractivity contribution is 0.234. The molecule has 0 bridgehead atoms. The molecular weight excluding hydrogens is 500 g/mol. The number of urea groups is 2. The van der Waals surface area contributed by atoms with Gasteiger partial charge in [0.15, 0.2) is 5.65 Å². The van der Waals surface area contributed by atoms with E-state index in [-0.39, 0.29) is 0 Å². The first-order valence-corrected chi connectivity index (χ1v) is 12.8. The highest BCUT2D eigenvalue weighted by Gasteiger charge is 2.27. The van der Waals surface area contributed by atoms with E-state index in [0.717, 1.165) is 26.9 Å². The smallest absolute Gasteiger partial charge is 0.330 e. The Balaban J connectivity index is 1.46. The highest BCUT2D eigenvalue weighted by molar-refractivity contribution is 6.31. The highest BCUT2D eigenvalue weighted by atomic mass is 35.5. The fraction of sp³-hybridized carbons (Fsp3) is 0.172. The number of carbonyl (C=O) groups is 2. The molecule has 4 amide bonds. The predicted octanol–water partition coefficient (Wildman–Crippen LogP) is 5.56. The van der Waals surface area contributed by atoms with Gasteiger partial charge in [0.2, 0.25) is 0 Å². The van der Waals surface area contributed by atoms with Gasteiger partial charge in [-0.15, -0.1) is 10.2 Å². The average molecular weight is 527 g/mol. The molecule has 0 atom stereocenters. The first kappa shape index (κ1) is 25.2. The van der Waals surface area contributed by atoms with Crippen molar-refractivity contribution in [3.8, 4) is 0 Å². The molecule has 2 aromatic heterocycles. The maximum absolute atomic E-state index is 13.5. The van der Waals surface area contributed by atoms with Gasteiger partial charge in [-0.25, -0.2) is 14.5 Å². The van der Waals surface area contributed by atoms with Crippen molar-refractivity contribution in [2.75, 3.05) is 18.0 Å². The van der Waals surface area contributed by atoms with Crippen molar-refractivity contribution < 1.29 is 9.59 Å². The number of fused-ring (bicyclic) bond motifs is 3. The van der Waals surface area contributed by atoms with Crippen molar-refractivity contribution >= 4 is 45.9 Å². The molecule has 0 fully saturated rings. The van der Waals surface area contributed by atoms with E-state index in [1.807, 2.05) is 78.1 Å². The standard InChI is InChI=1S/C29H27ClN6O2/c1-20-33-34-27-26(19-23-18-24(30)12-13-25(23)35(20)27)36(28(37)31-16-14-21-8-4-2-5-9-21)29(38)32-17-15-22-10-6-3-7-11-22/h2-13,18-19H,14-17H2,1H3,(H,31,37)(H,32,38). The summed E-state index contributed by atoms with van der Waals surface area (Å²) < 4.78 is 1.82. The third-order valence-electron chi connectivity index (χ3n) is 6.29. The Morgan fingerprint density at radius 3 is 1.97 bits per heavy atom. The molecule has 5 aromatic rings. The number of amides is 4. The SMILES string of the molecule is Cc1nnc2c(N(C(=O)NCCc3ccccc3)C(=O)NCCc3ccccc3)cc3cc(Cl)ccc3n12. The summed E-state index contributed by atoms with van der Waals surface area (Å²) in [7, 11) is 0. The number of halogens is 1. The number of aryl methyl sites for hydroxylation is 1. The molecule has 3 aromatic carbocycles. The van der Waals surface area contributed by atoms with Gasteiger partial charge < -0.3 is 10.6 Å². The Morgan fingerprint density at radius 2 is 1.39 bits per heavy atom. The molecule has 192 valence electrons. The topological polar surface area (TPSA) is 91.6 Å². The zero-order valence-electron chi connectivity index (χ0n) is 20.9. The average Bonchev–Trinajstić information content (AvgIpc) is 3.31. The number of imide groups is 1. The van der Waals surface area contributed by atoms with Gasteiger partial charge in [0, 0.05) is 23.5 Å². The Bertz CT molecular complexity index is 1530. The van der Waals surface area contributed by atoms with E-state index in [9.17, 15) is 9.59 Å². The van der Waals surface area contributed by atoms with E-state index in [1.165, 1.54) is 0 Å². The van der Waals surface area contributed by atoms with Crippen molar-refractivity contribution in [1.29, 1.82) is 0 Å². The Kier molecular flexibility index (Phi) is 7.51. The zero-order chi connectivity index (χ0) is 26.5. The van der Waals surface area contributed by atoms with Gasteiger partial charge in [-0.05, 0) is 55.2 Å². The summed E-state index contributed by atoms with van der Waals surface area (Å²) in [6.07, 6.45) is 1.26. The number of anilines is 1. The van der Waals surface area contributed by atoms with Crippen LogP contribution in [0.5, 0.6) is 0 Å². The summed E-state index contributed by atoms with van der Waals surface area (Å²) in [6, 6.07) is 25.8. The minimum Gasteiger partial charge on any atom is -0.337 e. The molecule has 9 heteroatoms. The van der Waals surface area contributed by atoms with Crippen LogP contribution >= 0.6 is 11.6 Å². The monoisotopic (exact) mass is 526 g/mol. The van der Waals surface area contributed by atoms with Crippen LogP contribution in [0.1, 0.15) is 17.0 Å². The van der Waals surface area contributed by atoms with Crippen molar-refractivity contribution in [2.45, 2.75) is 19.8 Å². The summed E-state index contributed by atoms with van der Waals surface area (Å²) >= 11 is 6.28. The number of carbonyl (C=O) groups excluding carboxylic acids is 2. The highest BCUT2D eigenvalue weighted by Crippen LogP contribution is 2.30. The van der Waals surface area contributed by atoms with Gasteiger partial charge in [-0.3, -0.25) is 4.40 Å². The second kappa shape index (κ2) is 11.3. The third kappa shape index (κ3) is 5.45. The number of aromatic nitrogens is 3. The Hall–Kier alpha value is -4.43. The molecule has 0 spiro atoms. The lowest BCUT2D eigenvalue weighted by Crippen LogP contribution is -2.49. The Labute approximate surface area is 225 Å². The van der Waals surface area contributed by atoms with E-state index >= 15 is 0 Å². The Morgan fingerprint density at radius 1 is 0.816 bits per heavy atom. The predicted molar refractivity (Wildman–Crippen MR) is 150 cm³/mol. The number of rotatable bonds is 7. The summed E-state index contributed by atoms with van der Waals surface area (Å²) in [5.74, 6) is 0.628. The summed E-state index contributed by atoms with van der Waals surface area (Å²) in [5, 5.41) is 15.6. The number of benzene rings is 3. The molecule has 8 nitrogen and oxygen atoms in total. The van der Waals surface area contributed by atoms with Gasteiger partial charge in [-0.1, -0.05) is 72.3 Å². The molecule has 0 aliphatic carbocycles. The molecule has 0 radical (unpaired) electrons. The van der Waals surface area contributed by atoms with Gasteiger partial charge >= 0.3 is 12.1 Å². The number of nitrogens with one attached hydrogen (secondary N) is 2. The lowest BCUT2D eigenvalue weighted by Gasteiger charge is -2.23.